The number of likely N-dealkylation sites (tertiary alicyclic amines) is 1. The van der Waals surface area contributed by atoms with Crippen LogP contribution in [0.15, 0.2) is 4.99 Å². The maximum atomic E-state index is 11.6. The molecule has 0 radical (unpaired) electrons. The number of carbonyl (C=O) groups excluding carboxylic acids is 1. The maximum absolute atomic E-state index is 11.6. The Balaban J connectivity index is 2.40. The van der Waals surface area contributed by atoms with Crippen molar-refractivity contribution in [3.8, 4) is 0 Å². The van der Waals surface area contributed by atoms with Gasteiger partial charge in [0.1, 0.15) is 0 Å². The predicted molar refractivity (Wildman–Crippen MR) is 82.6 cm³/mol. The quantitative estimate of drug-likeness (QED) is 0.478. The molecule has 1 fully saturated rings. The van der Waals surface area contributed by atoms with Crippen LogP contribution in [0.3, 0.4) is 0 Å². The Kier molecular flexibility index (Phi) is 6.26. The van der Waals surface area contributed by atoms with Gasteiger partial charge in [0.15, 0.2) is 5.96 Å². The fraction of sp³-hybridized carbons (Fsp3) is 0.857. The Morgan fingerprint density at radius 1 is 1.50 bits per heavy atom. The minimum absolute atomic E-state index is 0.0259. The third kappa shape index (κ3) is 4.67. The number of rotatable bonds is 6. The molecule has 1 saturated heterocycles. The highest BCUT2D eigenvalue weighted by molar-refractivity contribution is 5.83. The van der Waals surface area contributed by atoms with E-state index in [-0.39, 0.29) is 5.91 Å². The van der Waals surface area contributed by atoms with E-state index in [9.17, 15) is 4.79 Å². The summed E-state index contributed by atoms with van der Waals surface area (Å²) in [7, 11) is 1.63. The van der Waals surface area contributed by atoms with Gasteiger partial charge in [-0.15, -0.1) is 0 Å². The lowest BCUT2D eigenvalue weighted by molar-refractivity contribution is -0.128. The van der Waals surface area contributed by atoms with Gasteiger partial charge in [0.2, 0.25) is 5.91 Å². The number of amides is 1. The second-order valence-corrected chi connectivity index (χ2v) is 5.97. The van der Waals surface area contributed by atoms with E-state index in [1.807, 2.05) is 13.8 Å². The Bertz CT molecular complexity index is 353. The van der Waals surface area contributed by atoms with E-state index in [2.05, 4.69) is 27.4 Å². The summed E-state index contributed by atoms with van der Waals surface area (Å²) in [6.45, 7) is 9.35. The summed E-state index contributed by atoms with van der Waals surface area (Å²) in [4.78, 5) is 18.4. The van der Waals surface area contributed by atoms with Crippen molar-refractivity contribution in [1.82, 2.24) is 15.5 Å². The van der Waals surface area contributed by atoms with Crippen molar-refractivity contribution in [2.45, 2.75) is 39.7 Å². The first kappa shape index (κ1) is 16.8. The topological polar surface area (TPSA) is 82.8 Å². The van der Waals surface area contributed by atoms with E-state index in [0.29, 0.717) is 18.5 Å². The Hall–Kier alpha value is -1.30. The van der Waals surface area contributed by atoms with E-state index >= 15 is 0 Å². The molecule has 116 valence electrons. The summed E-state index contributed by atoms with van der Waals surface area (Å²) in [5, 5.41) is 5.82. The van der Waals surface area contributed by atoms with E-state index in [1.54, 1.807) is 7.05 Å². The average molecular weight is 283 g/mol. The molecule has 0 aromatic heterocycles. The molecule has 1 atom stereocenters. The van der Waals surface area contributed by atoms with Gasteiger partial charge in [0.05, 0.1) is 12.0 Å². The third-order valence-electron chi connectivity index (χ3n) is 3.91. The van der Waals surface area contributed by atoms with Crippen LogP contribution in [0, 0.1) is 5.41 Å². The summed E-state index contributed by atoms with van der Waals surface area (Å²) in [5.41, 5.74) is 5.34. The fourth-order valence-electron chi connectivity index (χ4n) is 2.51. The molecule has 6 heteroatoms. The lowest BCUT2D eigenvalue weighted by Crippen LogP contribution is -2.43. The molecule has 6 nitrogen and oxygen atoms in total. The molecule has 0 saturated carbocycles. The summed E-state index contributed by atoms with van der Waals surface area (Å²) in [6.07, 6.45) is 2.46. The van der Waals surface area contributed by atoms with Gasteiger partial charge in [0, 0.05) is 19.6 Å². The first-order chi connectivity index (χ1) is 9.40. The normalized spacial score (nSPS) is 21.0. The Labute approximate surface area is 122 Å². The van der Waals surface area contributed by atoms with Crippen molar-refractivity contribution in [1.29, 1.82) is 0 Å². The lowest BCUT2D eigenvalue weighted by Gasteiger charge is -2.23. The first-order valence-corrected chi connectivity index (χ1v) is 7.40. The third-order valence-corrected chi connectivity index (χ3v) is 3.91. The summed E-state index contributed by atoms with van der Waals surface area (Å²) in [5.74, 6) is 0.395. The molecule has 0 aliphatic carbocycles. The van der Waals surface area contributed by atoms with Crippen molar-refractivity contribution >= 4 is 11.9 Å². The highest BCUT2D eigenvalue weighted by atomic mass is 16.2. The largest absolute Gasteiger partial charge is 0.370 e. The first-order valence-electron chi connectivity index (χ1n) is 7.40. The van der Waals surface area contributed by atoms with Crippen molar-refractivity contribution < 1.29 is 4.79 Å². The van der Waals surface area contributed by atoms with Crippen LogP contribution in [0.5, 0.6) is 0 Å². The summed E-state index contributed by atoms with van der Waals surface area (Å²) >= 11 is 0. The number of aliphatic imine (C=N–C) groups is 1. The molecular weight excluding hydrogens is 254 g/mol. The molecule has 20 heavy (non-hydrogen) atoms. The van der Waals surface area contributed by atoms with Gasteiger partial charge >= 0.3 is 0 Å². The van der Waals surface area contributed by atoms with Crippen LogP contribution in [0.25, 0.3) is 0 Å². The number of carbonyl (C=O) groups is 1. The van der Waals surface area contributed by atoms with Crippen LogP contribution >= 0.6 is 0 Å². The number of hydrogen-bond donors (Lipinski definition) is 3. The number of likely N-dealkylation sites (N-methyl/N-ethyl adjacent to an activating group) is 1. The molecule has 0 bridgehead atoms. The molecule has 1 rings (SSSR count). The number of nitrogens with two attached hydrogens (primary N) is 1. The van der Waals surface area contributed by atoms with Gasteiger partial charge in [-0.3, -0.25) is 14.7 Å². The van der Waals surface area contributed by atoms with Crippen molar-refractivity contribution in [3.05, 3.63) is 0 Å². The van der Waals surface area contributed by atoms with Gasteiger partial charge in [-0.05, 0) is 39.8 Å². The monoisotopic (exact) mass is 283 g/mol. The van der Waals surface area contributed by atoms with E-state index in [4.69, 9.17) is 5.73 Å². The molecule has 1 aliphatic rings. The van der Waals surface area contributed by atoms with Gasteiger partial charge in [-0.25, -0.2) is 0 Å². The maximum Gasteiger partial charge on any atom is 0.227 e. The number of nitrogens with one attached hydrogen (secondary N) is 2. The molecular formula is C14H29N5O. The number of nitrogens with zero attached hydrogens (tertiary/aromatic N) is 2. The van der Waals surface area contributed by atoms with Crippen molar-refractivity contribution in [3.63, 3.8) is 0 Å². The van der Waals surface area contributed by atoms with Crippen molar-refractivity contribution in [2.24, 2.45) is 16.1 Å². The SMILES string of the molecule is CCN1CCCC1CNC(N)=NCC(C)(C)C(=O)NC. The standard InChI is InChI=1S/C14H29N5O/c1-5-19-8-6-7-11(19)9-17-13(15)18-10-14(2,3)12(20)16-4/h11H,5-10H2,1-4H3,(H,16,20)(H3,15,17,18). The molecule has 0 spiro atoms. The molecule has 1 heterocycles. The van der Waals surface area contributed by atoms with Gasteiger partial charge in [-0.1, -0.05) is 6.92 Å². The Morgan fingerprint density at radius 3 is 2.80 bits per heavy atom. The second-order valence-electron chi connectivity index (χ2n) is 5.97. The molecule has 1 amide bonds. The van der Waals surface area contributed by atoms with Crippen LogP contribution in [0.4, 0.5) is 0 Å². The minimum Gasteiger partial charge on any atom is -0.370 e. The van der Waals surface area contributed by atoms with Gasteiger partial charge in [0.25, 0.3) is 0 Å². The molecule has 1 unspecified atom stereocenters. The summed E-state index contributed by atoms with van der Waals surface area (Å²) in [6, 6.07) is 0.542. The molecule has 1 aliphatic heterocycles. The second kappa shape index (κ2) is 7.47. The molecule has 4 N–H and O–H groups in total. The van der Waals surface area contributed by atoms with E-state index in [1.165, 1.54) is 19.4 Å². The molecule has 0 aromatic rings. The lowest BCUT2D eigenvalue weighted by atomic mass is 9.93. The Morgan fingerprint density at radius 2 is 2.20 bits per heavy atom. The van der Waals surface area contributed by atoms with Gasteiger partial charge < -0.3 is 16.4 Å². The summed E-state index contributed by atoms with van der Waals surface area (Å²) < 4.78 is 0. The molecule has 0 aromatic carbocycles. The smallest absolute Gasteiger partial charge is 0.227 e. The van der Waals surface area contributed by atoms with Crippen LogP contribution in [0.2, 0.25) is 0 Å². The van der Waals surface area contributed by atoms with E-state index < -0.39 is 5.41 Å². The van der Waals surface area contributed by atoms with Crippen molar-refractivity contribution in [2.75, 3.05) is 33.2 Å². The zero-order valence-corrected chi connectivity index (χ0v) is 13.2. The minimum atomic E-state index is -0.538. The number of guanidine groups is 1. The predicted octanol–water partition coefficient (Wildman–Crippen LogP) is 0.147. The van der Waals surface area contributed by atoms with Crippen LogP contribution in [-0.4, -0.2) is 56.0 Å². The zero-order valence-electron chi connectivity index (χ0n) is 13.2. The highest BCUT2D eigenvalue weighted by Gasteiger charge is 2.26. The zero-order chi connectivity index (χ0) is 15.2. The van der Waals surface area contributed by atoms with Crippen LogP contribution in [0.1, 0.15) is 33.6 Å². The fourth-order valence-corrected chi connectivity index (χ4v) is 2.51. The van der Waals surface area contributed by atoms with Crippen LogP contribution in [-0.2, 0) is 4.79 Å². The van der Waals surface area contributed by atoms with Crippen LogP contribution < -0.4 is 16.4 Å². The van der Waals surface area contributed by atoms with Gasteiger partial charge in [-0.2, -0.15) is 0 Å². The average Bonchev–Trinajstić information content (AvgIpc) is 2.89. The number of hydrogen-bond acceptors (Lipinski definition) is 3. The highest BCUT2D eigenvalue weighted by Crippen LogP contribution is 2.16. The van der Waals surface area contributed by atoms with E-state index in [0.717, 1.165) is 13.1 Å².